The third kappa shape index (κ3) is 3.64. The molecule has 2 aromatic carbocycles. The molecule has 2 aromatic rings. The van der Waals surface area contributed by atoms with Crippen LogP contribution in [-0.2, 0) is 6.42 Å². The van der Waals surface area contributed by atoms with Crippen LogP contribution < -0.4 is 5.32 Å². The van der Waals surface area contributed by atoms with Crippen molar-refractivity contribution in [1.29, 1.82) is 0 Å². The van der Waals surface area contributed by atoms with Gasteiger partial charge in [0.1, 0.15) is 5.82 Å². The smallest absolute Gasteiger partial charge is 0.145 e. The first-order chi connectivity index (χ1) is 9.51. The van der Waals surface area contributed by atoms with Crippen molar-refractivity contribution in [3.05, 3.63) is 68.4 Å². The minimum absolute atomic E-state index is 0.0980. The van der Waals surface area contributed by atoms with E-state index in [1.54, 1.807) is 18.2 Å². The topological polar surface area (TPSA) is 12.0 Å². The van der Waals surface area contributed by atoms with Crippen molar-refractivity contribution in [3.63, 3.8) is 0 Å². The maximum absolute atomic E-state index is 14.0. The SMILES string of the molecule is CNC(Cc1cccc(Cl)c1F)c1cc(Cl)cc(Cl)c1. The lowest BCUT2D eigenvalue weighted by molar-refractivity contribution is 0.554. The third-order valence-electron chi connectivity index (χ3n) is 3.09. The molecule has 0 saturated heterocycles. The van der Waals surface area contributed by atoms with Gasteiger partial charge in [0.05, 0.1) is 5.02 Å². The van der Waals surface area contributed by atoms with E-state index < -0.39 is 0 Å². The number of nitrogens with one attached hydrogen (secondary N) is 1. The molecule has 0 aliphatic rings. The zero-order valence-corrected chi connectivity index (χ0v) is 13.0. The molecule has 0 aliphatic heterocycles. The molecule has 0 spiro atoms. The van der Waals surface area contributed by atoms with Crippen molar-refractivity contribution < 1.29 is 4.39 Å². The Labute approximate surface area is 132 Å². The van der Waals surface area contributed by atoms with Gasteiger partial charge >= 0.3 is 0 Å². The van der Waals surface area contributed by atoms with Crippen LogP contribution in [0.5, 0.6) is 0 Å². The fourth-order valence-corrected chi connectivity index (χ4v) is 2.83. The summed E-state index contributed by atoms with van der Waals surface area (Å²) in [6, 6.07) is 10.2. The van der Waals surface area contributed by atoms with Gasteiger partial charge in [-0.3, -0.25) is 0 Å². The average molecular weight is 333 g/mol. The van der Waals surface area contributed by atoms with Gasteiger partial charge in [-0.25, -0.2) is 4.39 Å². The summed E-state index contributed by atoms with van der Waals surface area (Å²) >= 11 is 17.8. The molecule has 0 aliphatic carbocycles. The zero-order valence-electron chi connectivity index (χ0n) is 10.8. The molecule has 1 N–H and O–H groups in total. The molecule has 1 atom stereocenters. The number of likely N-dealkylation sites (N-methyl/N-ethyl adjacent to an activating group) is 1. The summed E-state index contributed by atoms with van der Waals surface area (Å²) in [7, 11) is 1.81. The number of halogens is 4. The number of benzene rings is 2. The lowest BCUT2D eigenvalue weighted by atomic mass is 9.98. The van der Waals surface area contributed by atoms with Crippen LogP contribution in [0.4, 0.5) is 4.39 Å². The molecular weight excluding hydrogens is 320 g/mol. The van der Waals surface area contributed by atoms with Crippen LogP contribution in [0.3, 0.4) is 0 Å². The fourth-order valence-electron chi connectivity index (χ4n) is 2.09. The van der Waals surface area contributed by atoms with Crippen molar-refractivity contribution in [3.8, 4) is 0 Å². The Morgan fingerprint density at radius 2 is 1.75 bits per heavy atom. The summed E-state index contributed by atoms with van der Waals surface area (Å²) in [5, 5.41) is 4.38. The van der Waals surface area contributed by atoms with Gasteiger partial charge in [-0.2, -0.15) is 0 Å². The van der Waals surface area contributed by atoms with Crippen LogP contribution in [0.25, 0.3) is 0 Å². The van der Waals surface area contributed by atoms with E-state index in [0.717, 1.165) is 5.56 Å². The van der Waals surface area contributed by atoms with Crippen LogP contribution in [-0.4, -0.2) is 7.05 Å². The first-order valence-corrected chi connectivity index (χ1v) is 7.21. The quantitative estimate of drug-likeness (QED) is 0.802. The standard InChI is InChI=1S/C15H13Cl3FN/c1-20-14(10-5-11(16)8-12(17)6-10)7-9-3-2-4-13(18)15(9)19/h2-6,8,14,20H,7H2,1H3. The van der Waals surface area contributed by atoms with Gasteiger partial charge in [0, 0.05) is 16.1 Å². The Kier molecular flexibility index (Phi) is 5.28. The second-order valence-electron chi connectivity index (χ2n) is 4.46. The minimum Gasteiger partial charge on any atom is -0.313 e. The maximum atomic E-state index is 14.0. The number of rotatable bonds is 4. The van der Waals surface area contributed by atoms with E-state index in [4.69, 9.17) is 34.8 Å². The van der Waals surface area contributed by atoms with E-state index in [1.807, 2.05) is 19.2 Å². The first kappa shape index (κ1) is 15.6. The fraction of sp³-hybridized carbons (Fsp3) is 0.200. The molecule has 0 saturated carbocycles. The van der Waals surface area contributed by atoms with Crippen molar-refractivity contribution in [2.24, 2.45) is 0 Å². The van der Waals surface area contributed by atoms with E-state index in [0.29, 0.717) is 22.0 Å². The van der Waals surface area contributed by atoms with E-state index in [2.05, 4.69) is 5.32 Å². The largest absolute Gasteiger partial charge is 0.313 e. The van der Waals surface area contributed by atoms with E-state index in [9.17, 15) is 4.39 Å². The predicted molar refractivity (Wildman–Crippen MR) is 83.4 cm³/mol. The molecule has 5 heteroatoms. The highest BCUT2D eigenvalue weighted by Crippen LogP contribution is 2.27. The van der Waals surface area contributed by atoms with E-state index >= 15 is 0 Å². The van der Waals surface area contributed by atoms with Gasteiger partial charge < -0.3 is 5.32 Å². The summed E-state index contributed by atoms with van der Waals surface area (Å²) in [5.41, 5.74) is 1.46. The van der Waals surface area contributed by atoms with Gasteiger partial charge in [-0.15, -0.1) is 0 Å². The van der Waals surface area contributed by atoms with E-state index in [1.165, 1.54) is 6.07 Å². The Balaban J connectivity index is 2.31. The molecule has 0 bridgehead atoms. The Bertz CT molecular complexity index is 596. The summed E-state index contributed by atoms with van der Waals surface area (Å²) in [4.78, 5) is 0. The predicted octanol–water partition coefficient (Wildman–Crippen LogP) is 5.29. The van der Waals surface area contributed by atoms with Gasteiger partial charge in [0.25, 0.3) is 0 Å². The molecule has 0 fully saturated rings. The molecule has 0 amide bonds. The molecule has 1 unspecified atom stereocenters. The number of hydrogen-bond acceptors (Lipinski definition) is 1. The van der Waals surface area contributed by atoms with Crippen LogP contribution in [0, 0.1) is 5.82 Å². The molecular formula is C15H13Cl3FN. The summed E-state index contributed by atoms with van der Waals surface area (Å²) < 4.78 is 14.0. The van der Waals surface area contributed by atoms with Crippen LogP contribution >= 0.6 is 34.8 Å². The highest BCUT2D eigenvalue weighted by molar-refractivity contribution is 6.34. The molecule has 106 valence electrons. The van der Waals surface area contributed by atoms with Crippen molar-refractivity contribution >= 4 is 34.8 Å². The van der Waals surface area contributed by atoms with Crippen LogP contribution in [0.1, 0.15) is 17.2 Å². The Morgan fingerprint density at radius 1 is 1.10 bits per heavy atom. The minimum atomic E-state index is -0.387. The lowest BCUT2D eigenvalue weighted by Crippen LogP contribution is -2.19. The monoisotopic (exact) mass is 331 g/mol. The molecule has 2 rings (SSSR count). The normalized spacial score (nSPS) is 12.4. The highest BCUT2D eigenvalue weighted by atomic mass is 35.5. The molecule has 0 aromatic heterocycles. The first-order valence-electron chi connectivity index (χ1n) is 6.07. The second kappa shape index (κ2) is 6.77. The maximum Gasteiger partial charge on any atom is 0.145 e. The van der Waals surface area contributed by atoms with Crippen LogP contribution in [0.15, 0.2) is 36.4 Å². The van der Waals surface area contributed by atoms with Crippen molar-refractivity contribution in [1.82, 2.24) is 5.32 Å². The van der Waals surface area contributed by atoms with Gasteiger partial charge in [0.15, 0.2) is 0 Å². The zero-order chi connectivity index (χ0) is 14.7. The Morgan fingerprint density at radius 3 is 2.35 bits per heavy atom. The summed E-state index contributed by atoms with van der Waals surface area (Å²) in [5.74, 6) is -0.387. The van der Waals surface area contributed by atoms with Gasteiger partial charge in [-0.1, -0.05) is 46.9 Å². The molecule has 0 heterocycles. The number of hydrogen-bond donors (Lipinski definition) is 1. The Hall–Kier alpha value is -0.800. The third-order valence-corrected chi connectivity index (χ3v) is 3.82. The average Bonchev–Trinajstić information content (AvgIpc) is 2.39. The van der Waals surface area contributed by atoms with Gasteiger partial charge in [0.2, 0.25) is 0 Å². The molecule has 0 radical (unpaired) electrons. The van der Waals surface area contributed by atoms with E-state index in [-0.39, 0.29) is 16.9 Å². The highest BCUT2D eigenvalue weighted by Gasteiger charge is 2.15. The molecule has 1 nitrogen and oxygen atoms in total. The second-order valence-corrected chi connectivity index (χ2v) is 5.74. The van der Waals surface area contributed by atoms with Crippen molar-refractivity contribution in [2.75, 3.05) is 7.05 Å². The lowest BCUT2D eigenvalue weighted by Gasteiger charge is -2.18. The summed E-state index contributed by atoms with van der Waals surface area (Å²) in [6.07, 6.45) is 0.458. The van der Waals surface area contributed by atoms with Crippen molar-refractivity contribution in [2.45, 2.75) is 12.5 Å². The van der Waals surface area contributed by atoms with Gasteiger partial charge in [-0.05, 0) is 48.9 Å². The summed E-state index contributed by atoms with van der Waals surface area (Å²) in [6.45, 7) is 0. The van der Waals surface area contributed by atoms with Crippen LogP contribution in [0.2, 0.25) is 15.1 Å². The molecule has 20 heavy (non-hydrogen) atoms.